The van der Waals surface area contributed by atoms with Crippen molar-refractivity contribution in [1.82, 2.24) is 9.80 Å². The van der Waals surface area contributed by atoms with Crippen molar-refractivity contribution in [3.05, 3.63) is 73.8 Å². The first-order valence-electron chi connectivity index (χ1n) is 11.0. The number of non-ortho nitro benzene ring substituents is 1. The molecular weight excluding hydrogens is 410 g/mol. The van der Waals surface area contributed by atoms with Crippen molar-refractivity contribution < 1.29 is 19.2 Å². The summed E-state index contributed by atoms with van der Waals surface area (Å²) in [6.45, 7) is 5.64. The first-order chi connectivity index (χ1) is 15.4. The molecule has 0 atom stereocenters. The Morgan fingerprint density at radius 1 is 1.12 bits per heavy atom. The van der Waals surface area contributed by atoms with Crippen LogP contribution in [-0.4, -0.2) is 52.3 Å². The summed E-state index contributed by atoms with van der Waals surface area (Å²) < 4.78 is 5.15. The summed E-state index contributed by atoms with van der Waals surface area (Å²) in [7, 11) is 0. The normalized spacial score (nSPS) is 18.6. The summed E-state index contributed by atoms with van der Waals surface area (Å²) in [6.07, 6.45) is 2.70. The SMILES string of the molecule is Cc1c(CCN2CCC(N3Cc4cc([N+](=O)[O-])ccc4C3=O)CC2)ccc2c1COC2=O. The van der Waals surface area contributed by atoms with Gasteiger partial charge in [-0.05, 0) is 55.0 Å². The van der Waals surface area contributed by atoms with Gasteiger partial charge in [-0.2, -0.15) is 0 Å². The molecular formula is C24H25N3O5. The van der Waals surface area contributed by atoms with Crippen LogP contribution in [0.25, 0.3) is 0 Å². The summed E-state index contributed by atoms with van der Waals surface area (Å²) >= 11 is 0. The molecule has 0 spiro atoms. The first kappa shape index (κ1) is 20.6. The lowest BCUT2D eigenvalue weighted by molar-refractivity contribution is -0.384. The van der Waals surface area contributed by atoms with E-state index in [1.165, 1.54) is 17.7 Å². The standard InChI is InChI=1S/C24H25N3O5/c1-15-16(2-4-21-22(15)14-32-24(21)29)6-9-25-10-7-18(8-11-25)26-13-17-12-19(27(30)31)3-5-20(17)23(26)28/h2-5,12,18H,6-11,13-14H2,1H3. The zero-order valence-electron chi connectivity index (χ0n) is 18.0. The molecule has 2 aromatic rings. The maximum Gasteiger partial charge on any atom is 0.338 e. The molecule has 32 heavy (non-hydrogen) atoms. The second-order valence-electron chi connectivity index (χ2n) is 8.81. The van der Waals surface area contributed by atoms with Crippen molar-refractivity contribution in [2.45, 2.75) is 45.4 Å². The average Bonchev–Trinajstić information content (AvgIpc) is 3.34. The van der Waals surface area contributed by atoms with Gasteiger partial charge in [-0.1, -0.05) is 6.07 Å². The maximum absolute atomic E-state index is 12.8. The van der Waals surface area contributed by atoms with Gasteiger partial charge in [0.05, 0.1) is 10.5 Å². The van der Waals surface area contributed by atoms with Crippen LogP contribution in [0.1, 0.15) is 55.8 Å². The van der Waals surface area contributed by atoms with E-state index in [0.717, 1.165) is 55.6 Å². The van der Waals surface area contributed by atoms with Crippen molar-refractivity contribution in [2.24, 2.45) is 0 Å². The minimum absolute atomic E-state index is 0.0149. The van der Waals surface area contributed by atoms with Crippen LogP contribution in [0.15, 0.2) is 30.3 Å². The van der Waals surface area contributed by atoms with Gasteiger partial charge in [-0.3, -0.25) is 14.9 Å². The molecule has 3 heterocycles. The van der Waals surface area contributed by atoms with Gasteiger partial charge in [-0.15, -0.1) is 0 Å². The minimum atomic E-state index is -0.417. The summed E-state index contributed by atoms with van der Waals surface area (Å²) in [6, 6.07) is 8.59. The van der Waals surface area contributed by atoms with Gasteiger partial charge >= 0.3 is 5.97 Å². The lowest BCUT2D eigenvalue weighted by Gasteiger charge is -2.36. The van der Waals surface area contributed by atoms with E-state index < -0.39 is 4.92 Å². The number of piperidine rings is 1. The molecule has 2 aromatic carbocycles. The summed E-state index contributed by atoms with van der Waals surface area (Å²) in [4.78, 5) is 39.5. The Morgan fingerprint density at radius 2 is 1.88 bits per heavy atom. The lowest BCUT2D eigenvalue weighted by atomic mass is 9.96. The number of nitro groups is 1. The Hall–Kier alpha value is -3.26. The number of carbonyl (C=O) groups excluding carboxylic acids is 2. The molecule has 0 aromatic heterocycles. The quantitative estimate of drug-likeness (QED) is 0.407. The number of esters is 1. The number of cyclic esters (lactones) is 1. The van der Waals surface area contributed by atoms with Gasteiger partial charge in [0.15, 0.2) is 0 Å². The molecule has 1 saturated heterocycles. The fraction of sp³-hybridized carbons (Fsp3) is 0.417. The van der Waals surface area contributed by atoms with Gasteiger partial charge in [0.25, 0.3) is 11.6 Å². The topological polar surface area (TPSA) is 93.0 Å². The second kappa shape index (κ2) is 8.02. The monoisotopic (exact) mass is 435 g/mol. The fourth-order valence-electron chi connectivity index (χ4n) is 5.14. The molecule has 1 fully saturated rings. The molecule has 5 rings (SSSR count). The average molecular weight is 435 g/mol. The van der Waals surface area contributed by atoms with Gasteiger partial charge in [0, 0.05) is 55.5 Å². The highest BCUT2D eigenvalue weighted by Gasteiger charge is 2.35. The molecule has 0 unspecified atom stereocenters. The highest BCUT2D eigenvalue weighted by molar-refractivity contribution is 5.99. The van der Waals surface area contributed by atoms with Crippen LogP contribution in [0.5, 0.6) is 0 Å². The molecule has 8 nitrogen and oxygen atoms in total. The highest BCUT2D eigenvalue weighted by Crippen LogP contribution is 2.31. The predicted octanol–water partition coefficient (Wildman–Crippen LogP) is 3.24. The number of ether oxygens (including phenoxy) is 1. The van der Waals surface area contributed by atoms with Crippen LogP contribution in [0, 0.1) is 17.0 Å². The number of nitrogens with zero attached hydrogens (tertiary/aromatic N) is 3. The number of benzene rings is 2. The van der Waals surface area contributed by atoms with Crippen molar-refractivity contribution >= 4 is 17.6 Å². The van der Waals surface area contributed by atoms with Crippen LogP contribution in [-0.2, 0) is 24.3 Å². The van der Waals surface area contributed by atoms with Crippen LogP contribution in [0.4, 0.5) is 5.69 Å². The van der Waals surface area contributed by atoms with E-state index in [2.05, 4.69) is 11.8 Å². The maximum atomic E-state index is 12.8. The van der Waals surface area contributed by atoms with E-state index in [1.807, 2.05) is 17.0 Å². The Morgan fingerprint density at radius 3 is 2.62 bits per heavy atom. The summed E-state index contributed by atoms with van der Waals surface area (Å²) in [5, 5.41) is 11.0. The number of likely N-dealkylation sites (tertiary alicyclic amines) is 1. The van der Waals surface area contributed by atoms with Crippen molar-refractivity contribution in [1.29, 1.82) is 0 Å². The van der Waals surface area contributed by atoms with Gasteiger partial charge in [-0.25, -0.2) is 4.79 Å². The smallest absolute Gasteiger partial charge is 0.338 e. The first-order valence-corrected chi connectivity index (χ1v) is 11.0. The van der Waals surface area contributed by atoms with E-state index in [-0.39, 0.29) is 23.6 Å². The van der Waals surface area contributed by atoms with Gasteiger partial charge < -0.3 is 14.5 Å². The molecule has 0 bridgehead atoms. The third kappa shape index (κ3) is 3.54. The minimum Gasteiger partial charge on any atom is -0.457 e. The van der Waals surface area contributed by atoms with Crippen LogP contribution >= 0.6 is 0 Å². The molecule has 0 saturated carbocycles. The molecule has 166 valence electrons. The number of rotatable bonds is 5. The third-order valence-corrected chi connectivity index (χ3v) is 7.11. The van der Waals surface area contributed by atoms with Crippen LogP contribution in [0.3, 0.4) is 0 Å². The highest BCUT2D eigenvalue weighted by atomic mass is 16.6. The Bertz CT molecular complexity index is 1120. The zero-order chi connectivity index (χ0) is 22.4. The number of hydrogen-bond donors (Lipinski definition) is 0. The molecule has 8 heteroatoms. The second-order valence-corrected chi connectivity index (χ2v) is 8.81. The molecule has 0 radical (unpaired) electrons. The summed E-state index contributed by atoms with van der Waals surface area (Å²) in [5.41, 5.74) is 5.47. The summed E-state index contributed by atoms with van der Waals surface area (Å²) in [5.74, 6) is -0.246. The van der Waals surface area contributed by atoms with E-state index in [4.69, 9.17) is 4.74 Å². The van der Waals surface area contributed by atoms with E-state index >= 15 is 0 Å². The largest absolute Gasteiger partial charge is 0.457 e. The van der Waals surface area contributed by atoms with Crippen molar-refractivity contribution in [3.8, 4) is 0 Å². The van der Waals surface area contributed by atoms with Crippen molar-refractivity contribution in [2.75, 3.05) is 19.6 Å². The molecule has 0 aliphatic carbocycles. The van der Waals surface area contributed by atoms with Crippen LogP contribution < -0.4 is 0 Å². The Kier molecular flexibility index (Phi) is 5.17. The third-order valence-electron chi connectivity index (χ3n) is 7.11. The number of nitro benzene ring substituents is 1. The fourth-order valence-corrected chi connectivity index (χ4v) is 5.14. The number of hydrogen-bond acceptors (Lipinski definition) is 6. The Labute approximate surface area is 185 Å². The van der Waals surface area contributed by atoms with Gasteiger partial charge in [0.1, 0.15) is 6.61 Å². The number of carbonyl (C=O) groups is 2. The molecule has 3 aliphatic rings. The van der Waals surface area contributed by atoms with Gasteiger partial charge in [0.2, 0.25) is 0 Å². The van der Waals surface area contributed by atoms with Crippen molar-refractivity contribution in [3.63, 3.8) is 0 Å². The zero-order valence-corrected chi connectivity index (χ0v) is 18.0. The lowest BCUT2D eigenvalue weighted by Crippen LogP contribution is -2.45. The Balaban J connectivity index is 1.17. The van der Waals surface area contributed by atoms with Crippen LogP contribution in [0.2, 0.25) is 0 Å². The van der Waals surface area contributed by atoms with E-state index in [1.54, 1.807) is 6.07 Å². The van der Waals surface area contributed by atoms with E-state index in [0.29, 0.717) is 24.3 Å². The number of fused-ring (bicyclic) bond motifs is 2. The molecule has 1 amide bonds. The number of amides is 1. The van der Waals surface area contributed by atoms with E-state index in [9.17, 15) is 19.7 Å². The predicted molar refractivity (Wildman–Crippen MR) is 116 cm³/mol. The molecule has 3 aliphatic heterocycles. The molecule has 0 N–H and O–H groups in total.